The molecular formula is C22H39IN4O3. The predicted molar refractivity (Wildman–Crippen MR) is 128 cm³/mol. The number of carbonyl (C=O) groups is 1. The van der Waals surface area contributed by atoms with E-state index >= 15 is 0 Å². The van der Waals surface area contributed by atoms with Gasteiger partial charge in [0.05, 0.1) is 19.3 Å². The first kappa shape index (κ1) is 24.0. The number of carbonyl (C=O) groups excluding carboxylic acids is 1. The monoisotopic (exact) mass is 534 g/mol. The molecular weight excluding hydrogens is 495 g/mol. The van der Waals surface area contributed by atoms with Crippen molar-refractivity contribution >= 4 is 35.8 Å². The minimum Gasteiger partial charge on any atom is -0.378 e. The third-order valence-electron chi connectivity index (χ3n) is 7.52. The fourth-order valence-corrected chi connectivity index (χ4v) is 5.56. The highest BCUT2D eigenvalue weighted by molar-refractivity contribution is 14.0. The maximum Gasteiger partial charge on any atom is 0.225 e. The van der Waals surface area contributed by atoms with Gasteiger partial charge in [-0.1, -0.05) is 6.42 Å². The number of piperidine rings is 1. The molecule has 0 aromatic carbocycles. The summed E-state index contributed by atoms with van der Waals surface area (Å²) >= 11 is 0. The lowest BCUT2D eigenvalue weighted by molar-refractivity contribution is -0.169. The van der Waals surface area contributed by atoms with Crippen molar-refractivity contribution in [2.24, 2.45) is 16.3 Å². The molecule has 0 bridgehead atoms. The number of nitrogens with zero attached hydrogens (tertiary/aromatic N) is 3. The number of guanidine groups is 1. The van der Waals surface area contributed by atoms with Gasteiger partial charge >= 0.3 is 0 Å². The van der Waals surface area contributed by atoms with Crippen LogP contribution < -0.4 is 5.32 Å². The van der Waals surface area contributed by atoms with Crippen molar-refractivity contribution in [3.63, 3.8) is 0 Å². The smallest absolute Gasteiger partial charge is 0.225 e. The number of amides is 1. The molecule has 2 atom stereocenters. The minimum atomic E-state index is 0. The van der Waals surface area contributed by atoms with Gasteiger partial charge in [0.2, 0.25) is 5.91 Å². The van der Waals surface area contributed by atoms with Crippen LogP contribution in [0.4, 0.5) is 0 Å². The Morgan fingerprint density at radius 1 is 1.13 bits per heavy atom. The number of aliphatic imine (C=N–C) groups is 1. The summed E-state index contributed by atoms with van der Waals surface area (Å²) in [7, 11) is 0. The zero-order valence-electron chi connectivity index (χ0n) is 18.6. The zero-order chi connectivity index (χ0) is 20.3. The Bertz CT molecular complexity index is 599. The molecule has 1 spiro atoms. The van der Waals surface area contributed by atoms with Crippen molar-refractivity contribution in [3.05, 3.63) is 0 Å². The highest BCUT2D eigenvalue weighted by Gasteiger charge is 2.59. The summed E-state index contributed by atoms with van der Waals surface area (Å²) in [6, 6.07) is 0.478. The number of rotatable bonds is 5. The van der Waals surface area contributed by atoms with Crippen LogP contribution in [-0.4, -0.2) is 86.4 Å². The van der Waals surface area contributed by atoms with Crippen LogP contribution in [0.3, 0.4) is 0 Å². The molecule has 0 aromatic heterocycles. The van der Waals surface area contributed by atoms with Crippen molar-refractivity contribution in [1.29, 1.82) is 0 Å². The summed E-state index contributed by atoms with van der Waals surface area (Å²) in [4.78, 5) is 22.0. The topological polar surface area (TPSA) is 66.4 Å². The molecule has 2 aliphatic heterocycles. The maximum absolute atomic E-state index is 12.8. The van der Waals surface area contributed by atoms with Crippen molar-refractivity contribution < 1.29 is 14.3 Å². The van der Waals surface area contributed by atoms with Crippen molar-refractivity contribution in [3.8, 4) is 0 Å². The highest BCUT2D eigenvalue weighted by atomic mass is 127. The number of morpholine rings is 1. The van der Waals surface area contributed by atoms with Crippen molar-refractivity contribution in [2.45, 2.75) is 64.5 Å². The fourth-order valence-electron chi connectivity index (χ4n) is 5.56. The van der Waals surface area contributed by atoms with Gasteiger partial charge in [-0.25, -0.2) is 0 Å². The summed E-state index contributed by atoms with van der Waals surface area (Å²) in [6.45, 7) is 10.4. The van der Waals surface area contributed by atoms with Gasteiger partial charge in [0.15, 0.2) is 5.96 Å². The molecule has 7 nitrogen and oxygen atoms in total. The van der Waals surface area contributed by atoms with E-state index < -0.39 is 0 Å². The number of ether oxygens (including phenoxy) is 2. The van der Waals surface area contributed by atoms with E-state index in [4.69, 9.17) is 14.5 Å². The summed E-state index contributed by atoms with van der Waals surface area (Å²) in [6.07, 6.45) is 7.18. The second-order valence-corrected chi connectivity index (χ2v) is 8.96. The number of halogens is 1. The molecule has 4 rings (SSSR count). The van der Waals surface area contributed by atoms with E-state index in [1.165, 1.54) is 19.3 Å². The lowest BCUT2D eigenvalue weighted by Gasteiger charge is -2.61. The number of hydrogen-bond acceptors (Lipinski definition) is 4. The van der Waals surface area contributed by atoms with Gasteiger partial charge < -0.3 is 24.6 Å². The second kappa shape index (κ2) is 10.8. The zero-order valence-corrected chi connectivity index (χ0v) is 20.9. The molecule has 4 aliphatic rings. The third-order valence-corrected chi connectivity index (χ3v) is 7.52. The third kappa shape index (κ3) is 4.75. The van der Waals surface area contributed by atoms with Gasteiger partial charge in [-0.05, 0) is 46.0 Å². The molecule has 8 heteroatoms. The van der Waals surface area contributed by atoms with Gasteiger partial charge in [-0.15, -0.1) is 24.0 Å². The average molecular weight is 534 g/mol. The summed E-state index contributed by atoms with van der Waals surface area (Å²) in [5.41, 5.74) is 0.329. The first-order valence-corrected chi connectivity index (χ1v) is 11.7. The van der Waals surface area contributed by atoms with E-state index in [1.807, 2.05) is 4.90 Å². The van der Waals surface area contributed by atoms with E-state index in [2.05, 4.69) is 24.1 Å². The lowest BCUT2D eigenvalue weighted by atomic mass is 9.51. The Morgan fingerprint density at radius 2 is 1.83 bits per heavy atom. The van der Waals surface area contributed by atoms with Gasteiger partial charge in [0.1, 0.15) is 0 Å². The van der Waals surface area contributed by atoms with Crippen LogP contribution >= 0.6 is 24.0 Å². The Labute approximate surface area is 198 Å². The number of hydrogen-bond donors (Lipinski definition) is 1. The molecule has 30 heavy (non-hydrogen) atoms. The van der Waals surface area contributed by atoms with Gasteiger partial charge in [-0.3, -0.25) is 9.79 Å². The summed E-state index contributed by atoms with van der Waals surface area (Å²) in [5.74, 6) is 1.51. The van der Waals surface area contributed by atoms with Gasteiger partial charge in [-0.2, -0.15) is 0 Å². The van der Waals surface area contributed by atoms with Gasteiger partial charge in [0.25, 0.3) is 0 Å². The molecule has 1 amide bonds. The molecule has 1 N–H and O–H groups in total. The normalized spacial score (nSPS) is 29.1. The van der Waals surface area contributed by atoms with Crippen LogP contribution in [0.1, 0.15) is 52.4 Å². The second-order valence-electron chi connectivity index (χ2n) is 8.96. The molecule has 0 radical (unpaired) electrons. The molecule has 2 saturated carbocycles. The Hall–Kier alpha value is -0.610. The standard InChI is InChI=1S/C22H38N4O3.HI/c1-3-23-21(24-18-16-19(29-4-2)22(18)8-5-9-22)26-10-6-17(7-11-26)20(27)25-12-14-28-15-13-25;/h17-19H,3-16H2,1-2H3,(H,23,24);1H. The largest absolute Gasteiger partial charge is 0.378 e. The van der Waals surface area contributed by atoms with Crippen molar-refractivity contribution in [1.82, 2.24) is 15.1 Å². The van der Waals surface area contributed by atoms with Crippen LogP contribution in [0.25, 0.3) is 0 Å². The molecule has 2 aliphatic carbocycles. The van der Waals surface area contributed by atoms with Crippen LogP contribution in [-0.2, 0) is 14.3 Å². The molecule has 2 heterocycles. The molecule has 172 valence electrons. The predicted octanol–water partition coefficient (Wildman–Crippen LogP) is 2.49. The minimum absolute atomic E-state index is 0. The first-order valence-electron chi connectivity index (χ1n) is 11.7. The Balaban J connectivity index is 0.00000256. The summed E-state index contributed by atoms with van der Waals surface area (Å²) < 4.78 is 11.4. The van der Waals surface area contributed by atoms with Crippen LogP contribution in [0.5, 0.6) is 0 Å². The molecule has 4 fully saturated rings. The first-order chi connectivity index (χ1) is 14.2. The van der Waals surface area contributed by atoms with E-state index in [-0.39, 0.29) is 29.9 Å². The van der Waals surface area contributed by atoms with Crippen LogP contribution in [0, 0.1) is 11.3 Å². The SMILES string of the molecule is CCN=C(NC1CC(OCC)C12CCC2)N1CCC(C(=O)N2CCOCC2)CC1.I. The quantitative estimate of drug-likeness (QED) is 0.334. The fraction of sp³-hybridized carbons (Fsp3) is 0.909. The van der Waals surface area contributed by atoms with Crippen molar-refractivity contribution in [2.75, 3.05) is 52.5 Å². The molecule has 2 saturated heterocycles. The van der Waals surface area contributed by atoms with E-state index in [9.17, 15) is 4.79 Å². The molecule has 2 unspecified atom stereocenters. The van der Waals surface area contributed by atoms with E-state index in [0.717, 1.165) is 64.6 Å². The summed E-state index contributed by atoms with van der Waals surface area (Å²) in [5, 5.41) is 3.80. The average Bonchev–Trinajstić information content (AvgIpc) is 2.71. The van der Waals surface area contributed by atoms with E-state index in [1.54, 1.807) is 0 Å². The Morgan fingerprint density at radius 3 is 2.40 bits per heavy atom. The Kier molecular flexibility index (Phi) is 8.66. The maximum atomic E-state index is 12.8. The lowest BCUT2D eigenvalue weighted by Crippen LogP contribution is -2.69. The number of likely N-dealkylation sites (tertiary alicyclic amines) is 1. The highest BCUT2D eigenvalue weighted by Crippen LogP contribution is 2.57. The van der Waals surface area contributed by atoms with E-state index in [0.29, 0.717) is 36.7 Å². The van der Waals surface area contributed by atoms with Crippen LogP contribution in [0.2, 0.25) is 0 Å². The molecule has 0 aromatic rings. The van der Waals surface area contributed by atoms with Crippen LogP contribution in [0.15, 0.2) is 4.99 Å². The van der Waals surface area contributed by atoms with Gasteiger partial charge in [0, 0.05) is 56.7 Å². The number of nitrogens with one attached hydrogen (secondary N) is 1.